The zero-order valence-electron chi connectivity index (χ0n) is 20.2. The minimum Gasteiger partial charge on any atom is -0.482 e. The monoisotopic (exact) mass is 478 g/mol. The van der Waals surface area contributed by atoms with E-state index in [1.54, 1.807) is 6.92 Å². The summed E-state index contributed by atoms with van der Waals surface area (Å²) in [5.41, 5.74) is 2.30. The van der Waals surface area contributed by atoms with Crippen LogP contribution < -0.4 is 4.74 Å². The lowest BCUT2D eigenvalue weighted by atomic mass is 9.73. The molecule has 2 aliphatic rings. The summed E-state index contributed by atoms with van der Waals surface area (Å²) in [6.07, 6.45) is 3.50. The van der Waals surface area contributed by atoms with Crippen molar-refractivity contribution < 1.29 is 39.1 Å². The lowest BCUT2D eigenvalue weighted by Gasteiger charge is -2.32. The molecule has 0 radical (unpaired) electrons. The van der Waals surface area contributed by atoms with Crippen LogP contribution in [0.5, 0.6) is 5.75 Å². The maximum Gasteiger partial charge on any atom is 0.344 e. The highest BCUT2D eigenvalue weighted by molar-refractivity contribution is 5.71. The average molecular weight is 479 g/mol. The van der Waals surface area contributed by atoms with E-state index in [1.807, 2.05) is 19.1 Å². The highest BCUT2D eigenvalue weighted by atomic mass is 16.6. The number of aliphatic carboxylic acids is 1. The summed E-state index contributed by atoms with van der Waals surface area (Å²) >= 11 is 0. The summed E-state index contributed by atoms with van der Waals surface area (Å²) in [4.78, 5) is 22.7. The molecule has 8 heteroatoms. The number of hydrogen-bond acceptors (Lipinski definition) is 7. The van der Waals surface area contributed by atoms with Crippen molar-refractivity contribution in [2.75, 3.05) is 19.8 Å². The van der Waals surface area contributed by atoms with Gasteiger partial charge in [0.05, 0.1) is 31.8 Å². The Bertz CT molecular complexity index is 825. The van der Waals surface area contributed by atoms with E-state index in [4.69, 9.17) is 19.3 Å². The van der Waals surface area contributed by atoms with E-state index in [2.05, 4.69) is 6.07 Å². The van der Waals surface area contributed by atoms with Gasteiger partial charge in [-0.2, -0.15) is 0 Å². The Morgan fingerprint density at radius 2 is 2.03 bits per heavy atom. The van der Waals surface area contributed by atoms with Crippen LogP contribution in [0.4, 0.5) is 0 Å². The number of ether oxygens (including phenoxy) is 3. The SMILES string of the molecule is CC[C@H](O)CC[C@@H]1[C@H]2Cc3cccc(OCC(=O)OC(C)COCCC(=O)O)c3C[C@H]2C[C@H]1O. The minimum absolute atomic E-state index is 0.0702. The van der Waals surface area contributed by atoms with E-state index in [9.17, 15) is 19.8 Å². The van der Waals surface area contributed by atoms with Crippen molar-refractivity contribution in [2.24, 2.45) is 17.8 Å². The van der Waals surface area contributed by atoms with E-state index >= 15 is 0 Å². The summed E-state index contributed by atoms with van der Waals surface area (Å²) in [5.74, 6) is 0.204. The molecule has 1 aromatic carbocycles. The van der Waals surface area contributed by atoms with Gasteiger partial charge in [0, 0.05) is 0 Å². The summed E-state index contributed by atoms with van der Waals surface area (Å²) in [6.45, 7) is 3.64. The molecule has 0 bridgehead atoms. The van der Waals surface area contributed by atoms with Gasteiger partial charge in [0.1, 0.15) is 11.9 Å². The van der Waals surface area contributed by atoms with Crippen molar-refractivity contribution in [3.63, 3.8) is 0 Å². The molecule has 8 nitrogen and oxygen atoms in total. The molecule has 0 aliphatic heterocycles. The number of esters is 1. The smallest absolute Gasteiger partial charge is 0.344 e. The normalized spacial score (nSPS) is 25.2. The molecule has 3 N–H and O–H groups in total. The van der Waals surface area contributed by atoms with Crippen molar-refractivity contribution in [1.29, 1.82) is 0 Å². The average Bonchev–Trinajstić information content (AvgIpc) is 3.11. The quantitative estimate of drug-likeness (QED) is 0.292. The van der Waals surface area contributed by atoms with Gasteiger partial charge in [-0.3, -0.25) is 4.79 Å². The van der Waals surface area contributed by atoms with Crippen LogP contribution in [0.1, 0.15) is 57.1 Å². The zero-order valence-corrected chi connectivity index (χ0v) is 20.2. The van der Waals surface area contributed by atoms with Crippen LogP contribution in [0, 0.1) is 17.8 Å². The maximum atomic E-state index is 12.2. The second kappa shape index (κ2) is 12.5. The first kappa shape index (κ1) is 26.4. The number of carboxylic acids is 1. The molecule has 34 heavy (non-hydrogen) atoms. The van der Waals surface area contributed by atoms with E-state index in [-0.39, 0.29) is 44.4 Å². The predicted octanol–water partition coefficient (Wildman–Crippen LogP) is 2.75. The van der Waals surface area contributed by atoms with Crippen LogP contribution >= 0.6 is 0 Å². The summed E-state index contributed by atoms with van der Waals surface area (Å²) < 4.78 is 16.3. The second-order valence-corrected chi connectivity index (χ2v) is 9.64. The molecule has 2 aliphatic carbocycles. The number of aliphatic hydroxyl groups is 2. The third-order valence-electron chi connectivity index (χ3n) is 7.14. The second-order valence-electron chi connectivity index (χ2n) is 9.64. The standard InChI is InChI=1S/C26H38O8/c1-3-19(27)7-8-20-21-11-17-5-4-6-24(22(17)12-18(21)13-23(20)28)33-15-26(31)34-16(2)14-32-10-9-25(29)30/h4-6,16,18-21,23,27-28H,3,7-15H2,1-2H3,(H,29,30)/t16?,18-,19-,20+,21-,23+/m0/s1. The zero-order chi connectivity index (χ0) is 24.7. The molecule has 0 spiro atoms. The Morgan fingerprint density at radius 3 is 2.76 bits per heavy atom. The van der Waals surface area contributed by atoms with E-state index in [0.29, 0.717) is 17.6 Å². The molecule has 1 aromatic rings. The van der Waals surface area contributed by atoms with Crippen molar-refractivity contribution in [2.45, 2.75) is 77.1 Å². The lowest BCUT2D eigenvalue weighted by Crippen LogP contribution is -2.28. The summed E-state index contributed by atoms with van der Waals surface area (Å²) in [7, 11) is 0. The fourth-order valence-corrected chi connectivity index (χ4v) is 5.37. The first-order valence-electron chi connectivity index (χ1n) is 12.4. The molecular weight excluding hydrogens is 440 g/mol. The highest BCUT2D eigenvalue weighted by Crippen LogP contribution is 2.48. The Hall–Kier alpha value is -2.16. The van der Waals surface area contributed by atoms with Crippen LogP contribution in [0.25, 0.3) is 0 Å². The Labute approximate surface area is 201 Å². The van der Waals surface area contributed by atoms with E-state index in [0.717, 1.165) is 44.1 Å². The van der Waals surface area contributed by atoms with Gasteiger partial charge in [-0.05, 0) is 80.4 Å². The molecule has 0 amide bonds. The number of hydrogen-bond donors (Lipinski definition) is 3. The minimum atomic E-state index is -0.937. The molecule has 6 atom stereocenters. The fraction of sp³-hybridized carbons (Fsp3) is 0.692. The van der Waals surface area contributed by atoms with Crippen molar-refractivity contribution in [3.05, 3.63) is 29.3 Å². The maximum absolute atomic E-state index is 12.2. The molecule has 0 heterocycles. The van der Waals surface area contributed by atoms with Crippen LogP contribution in [0.15, 0.2) is 18.2 Å². The van der Waals surface area contributed by atoms with Gasteiger partial charge in [0.25, 0.3) is 0 Å². The predicted molar refractivity (Wildman–Crippen MR) is 125 cm³/mol. The molecule has 1 saturated carbocycles. The molecule has 0 aromatic heterocycles. The van der Waals surface area contributed by atoms with Gasteiger partial charge < -0.3 is 29.5 Å². The van der Waals surface area contributed by atoms with Crippen LogP contribution in [0.2, 0.25) is 0 Å². The fourth-order valence-electron chi connectivity index (χ4n) is 5.37. The molecule has 0 saturated heterocycles. The molecular formula is C26H38O8. The number of fused-ring (bicyclic) bond motifs is 2. The van der Waals surface area contributed by atoms with Crippen LogP contribution in [-0.2, 0) is 31.9 Å². The lowest BCUT2D eigenvalue weighted by molar-refractivity contribution is -0.154. The van der Waals surface area contributed by atoms with Gasteiger partial charge in [0.15, 0.2) is 6.61 Å². The molecule has 3 rings (SSSR count). The number of carbonyl (C=O) groups excluding carboxylic acids is 1. The first-order chi connectivity index (χ1) is 16.3. The van der Waals surface area contributed by atoms with Crippen LogP contribution in [0.3, 0.4) is 0 Å². The van der Waals surface area contributed by atoms with E-state index < -0.39 is 18.0 Å². The van der Waals surface area contributed by atoms with Crippen molar-refractivity contribution in [1.82, 2.24) is 0 Å². The van der Waals surface area contributed by atoms with E-state index in [1.165, 1.54) is 5.56 Å². The molecule has 1 fully saturated rings. The first-order valence-corrected chi connectivity index (χ1v) is 12.4. The van der Waals surface area contributed by atoms with Gasteiger partial charge in [-0.25, -0.2) is 4.79 Å². The van der Waals surface area contributed by atoms with Gasteiger partial charge in [0.2, 0.25) is 0 Å². The van der Waals surface area contributed by atoms with Crippen molar-refractivity contribution >= 4 is 11.9 Å². The number of carboxylic acid groups (broad SMARTS) is 1. The third-order valence-corrected chi connectivity index (χ3v) is 7.14. The number of rotatable bonds is 13. The Kier molecular flexibility index (Phi) is 9.74. The number of carbonyl (C=O) groups is 2. The number of benzene rings is 1. The van der Waals surface area contributed by atoms with Crippen molar-refractivity contribution in [3.8, 4) is 5.75 Å². The van der Waals surface area contributed by atoms with Gasteiger partial charge in [-0.1, -0.05) is 19.1 Å². The van der Waals surface area contributed by atoms with Gasteiger partial charge >= 0.3 is 11.9 Å². The third kappa shape index (κ3) is 7.17. The van der Waals surface area contributed by atoms with Gasteiger partial charge in [-0.15, -0.1) is 0 Å². The molecule has 190 valence electrons. The number of aliphatic hydroxyl groups excluding tert-OH is 2. The largest absolute Gasteiger partial charge is 0.482 e. The molecule has 1 unspecified atom stereocenters. The highest BCUT2D eigenvalue weighted by Gasteiger charge is 2.44. The summed E-state index contributed by atoms with van der Waals surface area (Å²) in [5, 5.41) is 29.3. The Morgan fingerprint density at radius 1 is 1.24 bits per heavy atom. The Balaban J connectivity index is 1.52. The topological polar surface area (TPSA) is 123 Å². The van der Waals surface area contributed by atoms with Crippen LogP contribution in [-0.4, -0.2) is 65.4 Å². The summed E-state index contributed by atoms with van der Waals surface area (Å²) in [6, 6.07) is 5.89.